The zero-order valence-corrected chi connectivity index (χ0v) is 18.0. The van der Waals surface area contributed by atoms with Gasteiger partial charge < -0.3 is 10.6 Å². The molecule has 3 aromatic rings. The number of anilines is 1. The van der Waals surface area contributed by atoms with Crippen molar-refractivity contribution in [2.75, 3.05) is 5.32 Å². The lowest BCUT2D eigenvalue weighted by Gasteiger charge is -2.24. The highest BCUT2D eigenvalue weighted by Crippen LogP contribution is 2.33. The number of rotatable bonds is 6. The van der Waals surface area contributed by atoms with E-state index in [0.717, 1.165) is 24.3 Å². The van der Waals surface area contributed by atoms with Gasteiger partial charge in [-0.15, -0.1) is 5.10 Å². The van der Waals surface area contributed by atoms with Gasteiger partial charge in [0.15, 0.2) is 11.4 Å². The van der Waals surface area contributed by atoms with Gasteiger partial charge in [0.1, 0.15) is 5.82 Å². The Morgan fingerprint density at radius 1 is 0.970 bits per heavy atom. The van der Waals surface area contributed by atoms with Crippen molar-refractivity contribution in [3.63, 3.8) is 0 Å². The van der Waals surface area contributed by atoms with Crippen LogP contribution in [0.25, 0.3) is 5.69 Å². The highest BCUT2D eigenvalue weighted by Gasteiger charge is 2.42. The molecular formula is C22H21F4N5O2. The smallest absolute Gasteiger partial charge is 0.347 e. The summed E-state index contributed by atoms with van der Waals surface area (Å²) in [6, 6.07) is 9.78. The lowest BCUT2D eigenvalue weighted by molar-refractivity contribution is -0.143. The summed E-state index contributed by atoms with van der Waals surface area (Å²) in [7, 11) is 0. The van der Waals surface area contributed by atoms with Crippen molar-refractivity contribution in [3.05, 3.63) is 71.3 Å². The van der Waals surface area contributed by atoms with Crippen LogP contribution in [0.3, 0.4) is 0 Å². The van der Waals surface area contributed by atoms with Crippen LogP contribution in [0.5, 0.6) is 0 Å². The third-order valence-corrected chi connectivity index (χ3v) is 4.97. The number of halogens is 4. The number of hydrogen-bond acceptors (Lipinski definition) is 4. The molecule has 0 aliphatic rings. The number of benzene rings is 2. The van der Waals surface area contributed by atoms with Crippen LogP contribution in [0, 0.1) is 5.82 Å². The maximum absolute atomic E-state index is 13.7. The van der Waals surface area contributed by atoms with Crippen LogP contribution < -0.4 is 10.6 Å². The average Bonchev–Trinajstić information content (AvgIpc) is 3.20. The first kappa shape index (κ1) is 23.9. The first-order valence-corrected chi connectivity index (χ1v) is 9.94. The Morgan fingerprint density at radius 3 is 2.12 bits per heavy atom. The lowest BCUT2D eigenvalue weighted by Crippen LogP contribution is -2.42. The van der Waals surface area contributed by atoms with Gasteiger partial charge in [0.25, 0.3) is 11.8 Å². The van der Waals surface area contributed by atoms with E-state index in [9.17, 15) is 27.2 Å². The summed E-state index contributed by atoms with van der Waals surface area (Å²) in [5.41, 5.74) is -2.37. The number of nitrogens with zero attached hydrogens (tertiary/aromatic N) is 3. The molecule has 0 saturated carbocycles. The van der Waals surface area contributed by atoms with Gasteiger partial charge in [-0.1, -0.05) is 12.1 Å². The first-order chi connectivity index (χ1) is 15.4. The predicted molar refractivity (Wildman–Crippen MR) is 113 cm³/mol. The number of carbonyl (C=O) groups excluding carboxylic acids is 2. The summed E-state index contributed by atoms with van der Waals surface area (Å²) >= 11 is 0. The van der Waals surface area contributed by atoms with Gasteiger partial charge in [-0.25, -0.2) is 9.07 Å². The van der Waals surface area contributed by atoms with Gasteiger partial charge in [0.05, 0.1) is 5.69 Å². The summed E-state index contributed by atoms with van der Waals surface area (Å²) in [6.07, 6.45) is -4.24. The molecule has 33 heavy (non-hydrogen) atoms. The Labute approximate surface area is 186 Å². The molecule has 7 nitrogen and oxygen atoms in total. The number of carbonyl (C=O) groups is 2. The van der Waals surface area contributed by atoms with Crippen LogP contribution >= 0.6 is 0 Å². The molecule has 0 radical (unpaired) electrons. The SMILES string of the molecule is CCC(C)(C)NC(=O)c1ccc(NC(=O)c2nnn(-c3ccc(F)cc3)c2C(F)(F)F)cc1. The van der Waals surface area contributed by atoms with Crippen molar-refractivity contribution >= 4 is 17.5 Å². The molecule has 11 heteroatoms. The minimum absolute atomic E-state index is 0.111. The predicted octanol–water partition coefficient (Wildman–Crippen LogP) is 4.60. The molecule has 1 aromatic heterocycles. The van der Waals surface area contributed by atoms with Crippen molar-refractivity contribution in [2.24, 2.45) is 0 Å². The van der Waals surface area contributed by atoms with Crippen LogP contribution in [0.15, 0.2) is 48.5 Å². The van der Waals surface area contributed by atoms with E-state index in [1.54, 1.807) is 0 Å². The number of alkyl halides is 3. The van der Waals surface area contributed by atoms with E-state index in [1.165, 1.54) is 24.3 Å². The van der Waals surface area contributed by atoms with Crippen LogP contribution in [0.4, 0.5) is 23.2 Å². The maximum atomic E-state index is 13.7. The summed E-state index contributed by atoms with van der Waals surface area (Å²) in [5.74, 6) is -2.10. The molecule has 1 heterocycles. The quantitative estimate of drug-likeness (QED) is 0.523. The largest absolute Gasteiger partial charge is 0.435 e. The monoisotopic (exact) mass is 463 g/mol. The molecule has 174 valence electrons. The van der Waals surface area contributed by atoms with E-state index in [4.69, 9.17) is 0 Å². The number of nitrogens with one attached hydrogen (secondary N) is 2. The Bertz CT molecular complexity index is 1150. The normalized spacial score (nSPS) is 11.8. The topological polar surface area (TPSA) is 88.9 Å². The summed E-state index contributed by atoms with van der Waals surface area (Å²) < 4.78 is 54.7. The summed E-state index contributed by atoms with van der Waals surface area (Å²) in [5, 5.41) is 12.0. The first-order valence-electron chi connectivity index (χ1n) is 9.94. The van der Waals surface area contributed by atoms with Crippen molar-refractivity contribution in [1.29, 1.82) is 0 Å². The minimum atomic E-state index is -4.96. The van der Waals surface area contributed by atoms with Crippen LogP contribution in [-0.2, 0) is 6.18 Å². The molecule has 0 saturated heterocycles. The molecule has 0 spiro atoms. The molecule has 2 N–H and O–H groups in total. The fourth-order valence-corrected chi connectivity index (χ4v) is 2.82. The second-order valence-electron chi connectivity index (χ2n) is 7.90. The molecule has 0 bridgehead atoms. The molecular weight excluding hydrogens is 442 g/mol. The Kier molecular flexibility index (Phi) is 6.52. The highest BCUT2D eigenvalue weighted by molar-refractivity contribution is 6.04. The van der Waals surface area contributed by atoms with E-state index in [0.29, 0.717) is 16.7 Å². The zero-order valence-electron chi connectivity index (χ0n) is 18.0. The summed E-state index contributed by atoms with van der Waals surface area (Å²) in [6.45, 7) is 5.67. The van der Waals surface area contributed by atoms with Gasteiger partial charge in [-0.3, -0.25) is 9.59 Å². The third kappa shape index (κ3) is 5.54. The van der Waals surface area contributed by atoms with E-state index in [1.807, 2.05) is 20.8 Å². The van der Waals surface area contributed by atoms with Gasteiger partial charge in [0.2, 0.25) is 0 Å². The fourth-order valence-electron chi connectivity index (χ4n) is 2.82. The van der Waals surface area contributed by atoms with Crippen molar-refractivity contribution in [2.45, 2.75) is 38.9 Å². The second kappa shape index (κ2) is 9.00. The van der Waals surface area contributed by atoms with Gasteiger partial charge in [-0.05, 0) is 68.8 Å². The summed E-state index contributed by atoms with van der Waals surface area (Å²) in [4.78, 5) is 24.9. The molecule has 2 amide bonds. The maximum Gasteiger partial charge on any atom is 0.435 e. The Hall–Kier alpha value is -3.76. The van der Waals surface area contributed by atoms with Crippen LogP contribution in [-0.4, -0.2) is 32.3 Å². The molecule has 0 aliphatic heterocycles. The highest BCUT2D eigenvalue weighted by atomic mass is 19.4. The Morgan fingerprint density at radius 2 is 1.58 bits per heavy atom. The van der Waals surface area contributed by atoms with E-state index in [-0.39, 0.29) is 17.3 Å². The molecule has 0 fully saturated rings. The lowest BCUT2D eigenvalue weighted by atomic mass is 10.0. The Balaban J connectivity index is 1.83. The van der Waals surface area contributed by atoms with Crippen LogP contribution in [0.1, 0.15) is 53.7 Å². The van der Waals surface area contributed by atoms with E-state index in [2.05, 4.69) is 20.9 Å². The van der Waals surface area contributed by atoms with Gasteiger partial charge in [0, 0.05) is 16.8 Å². The van der Waals surface area contributed by atoms with Crippen molar-refractivity contribution in [3.8, 4) is 5.69 Å². The number of aromatic nitrogens is 3. The number of amides is 2. The molecule has 0 atom stereocenters. The van der Waals surface area contributed by atoms with Crippen molar-refractivity contribution < 1.29 is 27.2 Å². The molecule has 2 aromatic carbocycles. The molecule has 3 rings (SSSR count). The average molecular weight is 463 g/mol. The van der Waals surface area contributed by atoms with Crippen LogP contribution in [0.2, 0.25) is 0 Å². The van der Waals surface area contributed by atoms with E-state index >= 15 is 0 Å². The molecule has 0 aliphatic carbocycles. The van der Waals surface area contributed by atoms with Crippen molar-refractivity contribution in [1.82, 2.24) is 20.3 Å². The second-order valence-corrected chi connectivity index (χ2v) is 7.90. The fraction of sp³-hybridized carbons (Fsp3) is 0.273. The standard InChI is InChI=1S/C22H21F4N5O2/c1-4-21(2,3)28-19(32)13-5-9-15(10-6-13)27-20(33)17-18(22(24,25)26)31(30-29-17)16-11-7-14(23)8-12-16/h5-12H,4H2,1-3H3,(H,27,33)(H,28,32). The van der Waals surface area contributed by atoms with E-state index < -0.39 is 34.8 Å². The molecule has 0 unspecified atom stereocenters. The van der Waals surface area contributed by atoms with Gasteiger partial charge in [-0.2, -0.15) is 13.2 Å². The number of hydrogen-bond donors (Lipinski definition) is 2. The third-order valence-electron chi connectivity index (χ3n) is 4.97. The van der Waals surface area contributed by atoms with Gasteiger partial charge >= 0.3 is 6.18 Å². The zero-order chi connectivity index (χ0) is 24.4. The minimum Gasteiger partial charge on any atom is -0.347 e.